The molecule has 2 amide bonds. The number of amides is 2. The Morgan fingerprint density at radius 3 is 1.44 bits per heavy atom. The minimum atomic E-state index is -0.0408. The number of carbonyl (C=O) groups excluding carboxylic acids is 2. The number of nitrogens with zero attached hydrogens (tertiary/aromatic N) is 5. The first-order valence-corrected chi connectivity index (χ1v) is 26.9. The van der Waals surface area contributed by atoms with Gasteiger partial charge in [-0.25, -0.2) is 0 Å². The number of piperidine rings is 2. The summed E-state index contributed by atoms with van der Waals surface area (Å²) < 4.78 is 5.58. The Bertz CT molecular complexity index is 2690. The predicted molar refractivity (Wildman–Crippen MR) is 287 cm³/mol. The lowest BCUT2D eigenvalue weighted by Crippen LogP contribution is -2.46. The molecule has 0 bridgehead atoms. The molecule has 0 saturated carbocycles. The maximum atomic E-state index is 13.1. The Balaban J connectivity index is 0.000000176. The summed E-state index contributed by atoms with van der Waals surface area (Å²) in [5, 5.41) is 17.9. The molecule has 10 rings (SSSR count). The summed E-state index contributed by atoms with van der Waals surface area (Å²) in [6, 6.07) is 34.5. The van der Waals surface area contributed by atoms with Gasteiger partial charge in [0.25, 0.3) is 11.8 Å². The average Bonchev–Trinajstić information content (AvgIpc) is 3.85. The highest BCUT2D eigenvalue weighted by atomic mass is 16.5. The van der Waals surface area contributed by atoms with Crippen molar-refractivity contribution in [3.63, 3.8) is 0 Å². The molecule has 6 aromatic rings. The van der Waals surface area contributed by atoms with Crippen LogP contribution < -0.4 is 15.4 Å². The Hall–Kier alpha value is -5.97. The van der Waals surface area contributed by atoms with Gasteiger partial charge in [0.05, 0.1) is 18.2 Å². The minimum absolute atomic E-state index is 0.00754. The van der Waals surface area contributed by atoms with Crippen LogP contribution in [-0.4, -0.2) is 139 Å². The number of aromatic amines is 2. The number of aromatic nitrogens is 2. The van der Waals surface area contributed by atoms with Crippen LogP contribution >= 0.6 is 0 Å². The van der Waals surface area contributed by atoms with Crippen molar-refractivity contribution in [1.29, 1.82) is 5.26 Å². The number of rotatable bonds is 14. The standard InChI is InChI=1S/C30H40N4O2.C29H35N5O/c1-2-36-25-12-10-23(11-13-25)26-8-7-9-28-27(26)22-29(32-28)30(35)31-24-14-18-34(19-15-24)21-20-33-16-5-3-4-6-17-33;30-21-22-7-5-8-23(19-22)25-9-6-10-27-26(25)20-28(32-27)29(35)31-24-11-15-34(16-12-24)18-17-33-13-3-1-2-4-14-33/h7-13,22,24,32H,2-6,14-21H2,1H3,(H,31,35);5-10,19-20,24,32H,1-4,11-18H2,(H,31,35). The highest BCUT2D eigenvalue weighted by Gasteiger charge is 2.25. The molecule has 2 aromatic heterocycles. The maximum absolute atomic E-state index is 13.1. The number of ether oxygens (including phenoxy) is 1. The van der Waals surface area contributed by atoms with Gasteiger partial charge in [0.1, 0.15) is 17.1 Å². The molecule has 4 fully saturated rings. The zero-order valence-corrected chi connectivity index (χ0v) is 42.0. The lowest BCUT2D eigenvalue weighted by atomic mass is 10.00. The SMILES string of the molecule is CCOc1ccc(-c2cccc3[nH]c(C(=O)NC4CCN(CCN5CCCCCC5)CC4)cc23)cc1.N#Cc1cccc(-c2cccc3[nH]c(C(=O)NC4CCN(CCN5CCCCCC5)CC4)cc23)c1. The summed E-state index contributed by atoms with van der Waals surface area (Å²) in [4.78, 5) is 43.2. The number of likely N-dealkylation sites (tertiary alicyclic amines) is 4. The van der Waals surface area contributed by atoms with E-state index < -0.39 is 0 Å². The van der Waals surface area contributed by atoms with Crippen LogP contribution in [0, 0.1) is 11.3 Å². The van der Waals surface area contributed by atoms with Crippen LogP contribution in [0.15, 0.2) is 97.1 Å². The van der Waals surface area contributed by atoms with Gasteiger partial charge in [0.15, 0.2) is 0 Å². The van der Waals surface area contributed by atoms with E-state index in [0.717, 1.165) is 115 Å². The van der Waals surface area contributed by atoms with Crippen LogP contribution in [0.2, 0.25) is 0 Å². The van der Waals surface area contributed by atoms with Gasteiger partial charge < -0.3 is 44.9 Å². The molecule has 0 radical (unpaired) electrons. The monoisotopic (exact) mass is 958 g/mol. The topological polar surface area (TPSA) is 136 Å². The van der Waals surface area contributed by atoms with Gasteiger partial charge in [0, 0.05) is 86.2 Å². The van der Waals surface area contributed by atoms with Crippen LogP contribution in [0.25, 0.3) is 44.1 Å². The molecule has 4 N–H and O–H groups in total. The van der Waals surface area contributed by atoms with E-state index in [1.165, 1.54) is 90.6 Å². The van der Waals surface area contributed by atoms with Crippen LogP contribution in [0.3, 0.4) is 0 Å². The first-order valence-electron chi connectivity index (χ1n) is 26.9. The van der Waals surface area contributed by atoms with Crippen molar-refractivity contribution in [2.45, 2.75) is 96.1 Å². The second-order valence-electron chi connectivity index (χ2n) is 20.2. The lowest BCUT2D eigenvalue weighted by molar-refractivity contribution is 0.0894. The van der Waals surface area contributed by atoms with Gasteiger partial charge in [-0.1, -0.05) is 74.2 Å². The molecule has 4 aliphatic heterocycles. The minimum Gasteiger partial charge on any atom is -0.494 e. The molecule has 12 nitrogen and oxygen atoms in total. The van der Waals surface area contributed by atoms with E-state index in [1.807, 2.05) is 79.7 Å². The quantitative estimate of drug-likeness (QED) is 0.0848. The van der Waals surface area contributed by atoms with Crippen LogP contribution in [0.4, 0.5) is 0 Å². The number of fused-ring (bicyclic) bond motifs is 2. The summed E-state index contributed by atoms with van der Waals surface area (Å²) in [5.74, 6) is 0.823. The van der Waals surface area contributed by atoms with Crippen molar-refractivity contribution in [1.82, 2.24) is 40.2 Å². The molecule has 0 aliphatic carbocycles. The van der Waals surface area contributed by atoms with Gasteiger partial charge in [-0.05, 0) is 155 Å². The van der Waals surface area contributed by atoms with Gasteiger partial charge in [-0.15, -0.1) is 0 Å². The summed E-state index contributed by atoms with van der Waals surface area (Å²) in [5.41, 5.74) is 7.99. The number of benzene rings is 4. The smallest absolute Gasteiger partial charge is 0.267 e. The van der Waals surface area contributed by atoms with E-state index in [-0.39, 0.29) is 23.9 Å². The maximum Gasteiger partial charge on any atom is 0.267 e. The third-order valence-electron chi connectivity index (χ3n) is 15.3. The van der Waals surface area contributed by atoms with Crippen molar-refractivity contribution in [3.8, 4) is 34.1 Å². The summed E-state index contributed by atoms with van der Waals surface area (Å²) >= 11 is 0. The van der Waals surface area contributed by atoms with Crippen molar-refractivity contribution in [2.75, 3.05) is 85.1 Å². The molecular formula is C59H75N9O3. The molecular weight excluding hydrogens is 883 g/mol. The van der Waals surface area contributed by atoms with Crippen molar-refractivity contribution < 1.29 is 14.3 Å². The van der Waals surface area contributed by atoms with Crippen molar-refractivity contribution in [3.05, 3.63) is 114 Å². The first-order chi connectivity index (χ1) is 34.9. The molecule has 71 heavy (non-hydrogen) atoms. The molecule has 6 heterocycles. The lowest BCUT2D eigenvalue weighted by Gasteiger charge is -2.33. The third kappa shape index (κ3) is 13.5. The Morgan fingerprint density at radius 1 is 0.549 bits per heavy atom. The summed E-state index contributed by atoms with van der Waals surface area (Å²) in [6.45, 7) is 16.5. The van der Waals surface area contributed by atoms with Gasteiger partial charge in [0.2, 0.25) is 0 Å². The van der Waals surface area contributed by atoms with Crippen molar-refractivity contribution in [2.24, 2.45) is 0 Å². The Kier molecular flexibility index (Phi) is 17.5. The molecule has 4 aliphatic rings. The van der Waals surface area contributed by atoms with Crippen LogP contribution in [0.1, 0.15) is 111 Å². The highest BCUT2D eigenvalue weighted by molar-refractivity contribution is 6.04. The van der Waals surface area contributed by atoms with Crippen LogP contribution in [0.5, 0.6) is 5.75 Å². The Labute approximate surface area is 421 Å². The second-order valence-corrected chi connectivity index (χ2v) is 20.2. The van der Waals surface area contributed by atoms with Crippen molar-refractivity contribution >= 4 is 33.6 Å². The summed E-state index contributed by atoms with van der Waals surface area (Å²) in [6.07, 6.45) is 15.0. The third-order valence-corrected chi connectivity index (χ3v) is 15.3. The number of hydrogen-bond donors (Lipinski definition) is 4. The number of H-pyrrole nitrogens is 2. The van der Waals surface area contributed by atoms with Gasteiger partial charge in [-0.2, -0.15) is 5.26 Å². The van der Waals surface area contributed by atoms with Gasteiger partial charge >= 0.3 is 0 Å². The highest BCUT2D eigenvalue weighted by Crippen LogP contribution is 2.32. The fourth-order valence-corrected chi connectivity index (χ4v) is 11.1. The van der Waals surface area contributed by atoms with E-state index in [4.69, 9.17) is 4.74 Å². The molecule has 0 atom stereocenters. The molecule has 0 spiro atoms. The van der Waals surface area contributed by atoms with E-state index >= 15 is 0 Å². The fourth-order valence-electron chi connectivity index (χ4n) is 11.1. The molecule has 374 valence electrons. The number of nitrogens with one attached hydrogen (secondary N) is 4. The predicted octanol–water partition coefficient (Wildman–Crippen LogP) is 10.1. The van der Waals surface area contributed by atoms with E-state index in [2.05, 4.69) is 64.5 Å². The Morgan fingerprint density at radius 2 is 0.986 bits per heavy atom. The molecule has 0 unspecified atom stereocenters. The molecule has 4 aromatic carbocycles. The second kappa shape index (κ2) is 24.9. The zero-order valence-electron chi connectivity index (χ0n) is 42.0. The number of carbonyl (C=O) groups is 2. The van der Waals surface area contributed by atoms with Gasteiger partial charge in [-0.3, -0.25) is 9.59 Å². The van der Waals surface area contributed by atoms with E-state index in [9.17, 15) is 14.9 Å². The largest absolute Gasteiger partial charge is 0.494 e. The molecule has 12 heteroatoms. The van der Waals surface area contributed by atoms with E-state index in [0.29, 0.717) is 23.6 Å². The fraction of sp³-hybridized carbons (Fsp3) is 0.475. The summed E-state index contributed by atoms with van der Waals surface area (Å²) in [7, 11) is 0. The number of hydrogen-bond acceptors (Lipinski definition) is 8. The van der Waals surface area contributed by atoms with E-state index in [1.54, 1.807) is 6.07 Å². The normalized spacial score (nSPS) is 18.3. The first kappa shape index (κ1) is 50.0. The zero-order chi connectivity index (χ0) is 48.8. The van der Waals surface area contributed by atoms with Crippen LogP contribution in [-0.2, 0) is 0 Å². The number of nitriles is 1. The average molecular weight is 958 g/mol. The molecule has 4 saturated heterocycles.